The molecule has 6 rings (SSSR count). The van der Waals surface area contributed by atoms with Crippen molar-refractivity contribution in [3.05, 3.63) is 47.2 Å². The number of aromatic nitrogens is 1. The largest absolute Gasteiger partial charge is 0.357 e. The zero-order chi connectivity index (χ0) is 17.1. The van der Waals surface area contributed by atoms with Gasteiger partial charge in [-0.3, -0.25) is 4.90 Å². The summed E-state index contributed by atoms with van der Waals surface area (Å²) in [6, 6.07) is 9.72. The molecule has 0 radical (unpaired) electrons. The Hall–Kier alpha value is -1.62. The second kappa shape index (κ2) is 5.70. The second-order valence-electron chi connectivity index (χ2n) is 7.65. The van der Waals surface area contributed by atoms with E-state index in [1.807, 2.05) is 0 Å². The average Bonchev–Trinajstić information content (AvgIpc) is 3.03. The van der Waals surface area contributed by atoms with Crippen LogP contribution in [0.2, 0.25) is 0 Å². The number of benzene rings is 1. The van der Waals surface area contributed by atoms with E-state index in [1.165, 1.54) is 22.2 Å². The molecule has 1 unspecified atom stereocenters. The average molecular weight is 338 g/mol. The van der Waals surface area contributed by atoms with Crippen LogP contribution in [0, 0.1) is 11.8 Å². The molecule has 0 amide bonds. The fraction of sp³-hybridized carbons (Fsp3) is 0.524. The quantitative estimate of drug-likeness (QED) is 0.686. The molecule has 0 aliphatic carbocycles. The Morgan fingerprint density at radius 3 is 2.80 bits per heavy atom. The number of methoxy groups -OCH3 is 2. The van der Waals surface area contributed by atoms with Crippen LogP contribution in [-0.2, 0) is 15.9 Å². The van der Waals surface area contributed by atoms with Crippen LogP contribution in [0.3, 0.4) is 0 Å². The van der Waals surface area contributed by atoms with Gasteiger partial charge in [-0.25, -0.2) is 0 Å². The van der Waals surface area contributed by atoms with Gasteiger partial charge in [-0.2, -0.15) is 0 Å². The van der Waals surface area contributed by atoms with Crippen molar-refractivity contribution in [2.24, 2.45) is 11.8 Å². The number of nitrogens with zero attached hydrogens (tertiary/aromatic N) is 1. The lowest BCUT2D eigenvalue weighted by atomic mass is 9.63. The summed E-state index contributed by atoms with van der Waals surface area (Å²) in [6.07, 6.45) is 4.41. The van der Waals surface area contributed by atoms with Crippen molar-refractivity contribution in [2.75, 3.05) is 20.8 Å². The Morgan fingerprint density at radius 1 is 1.24 bits per heavy atom. The van der Waals surface area contributed by atoms with Crippen LogP contribution in [0.1, 0.15) is 30.6 Å². The van der Waals surface area contributed by atoms with Crippen LogP contribution in [0.4, 0.5) is 0 Å². The van der Waals surface area contributed by atoms with Crippen LogP contribution in [-0.4, -0.2) is 43.0 Å². The molecule has 2 aromatic rings. The van der Waals surface area contributed by atoms with Crippen LogP contribution in [0.25, 0.3) is 10.9 Å². The Kier molecular flexibility index (Phi) is 3.56. The highest BCUT2D eigenvalue weighted by Crippen LogP contribution is 2.55. The molecule has 1 N–H and O–H groups in total. The Morgan fingerprint density at radius 2 is 2.04 bits per heavy atom. The monoisotopic (exact) mass is 338 g/mol. The van der Waals surface area contributed by atoms with Crippen molar-refractivity contribution < 1.29 is 9.47 Å². The number of hydrogen-bond acceptors (Lipinski definition) is 3. The van der Waals surface area contributed by atoms with Gasteiger partial charge in [0.1, 0.15) is 0 Å². The van der Waals surface area contributed by atoms with Gasteiger partial charge >= 0.3 is 0 Å². The van der Waals surface area contributed by atoms with Crippen molar-refractivity contribution >= 4 is 10.9 Å². The minimum Gasteiger partial charge on any atom is -0.357 e. The standard InChI is InChI=1S/C21H26N2O2/c1-4-12-11-23-17-10-15-13-7-5-6-8-16(13)22-20(15)18(23)9-14(12)19(17)21(24-2)25-3/h4-8,14,17-19,21-22H,9-11H2,1-3H3/t14-,17-,18-,19-/m0/s1. The van der Waals surface area contributed by atoms with Gasteiger partial charge in [-0.15, -0.1) is 0 Å². The van der Waals surface area contributed by atoms with Crippen LogP contribution < -0.4 is 0 Å². The Labute approximate surface area is 148 Å². The summed E-state index contributed by atoms with van der Waals surface area (Å²) in [5.74, 6) is 0.947. The Bertz CT molecular complexity index is 836. The molecule has 4 aliphatic heterocycles. The van der Waals surface area contributed by atoms with E-state index in [2.05, 4.69) is 47.1 Å². The molecule has 25 heavy (non-hydrogen) atoms. The number of H-pyrrole nitrogens is 1. The van der Waals surface area contributed by atoms with Gasteiger partial charge in [0.05, 0.1) is 6.04 Å². The van der Waals surface area contributed by atoms with Crippen molar-refractivity contribution in [2.45, 2.75) is 38.1 Å². The molecule has 3 saturated heterocycles. The van der Waals surface area contributed by atoms with Gasteiger partial charge < -0.3 is 14.5 Å². The van der Waals surface area contributed by atoms with E-state index in [4.69, 9.17) is 9.47 Å². The maximum Gasteiger partial charge on any atom is 0.161 e. The van der Waals surface area contributed by atoms with Gasteiger partial charge in [-0.1, -0.05) is 29.8 Å². The summed E-state index contributed by atoms with van der Waals surface area (Å²) >= 11 is 0. The molecule has 4 heteroatoms. The lowest BCUT2D eigenvalue weighted by Gasteiger charge is -2.59. The maximum absolute atomic E-state index is 5.75. The molecule has 0 saturated carbocycles. The molecular weight excluding hydrogens is 312 g/mol. The number of fused-ring (bicyclic) bond motifs is 4. The fourth-order valence-corrected chi connectivity index (χ4v) is 5.77. The van der Waals surface area contributed by atoms with Gasteiger partial charge in [0.15, 0.2) is 6.29 Å². The topological polar surface area (TPSA) is 37.5 Å². The van der Waals surface area contributed by atoms with Gasteiger partial charge in [0.25, 0.3) is 0 Å². The van der Waals surface area contributed by atoms with Crippen LogP contribution >= 0.6 is 0 Å². The fourth-order valence-electron chi connectivity index (χ4n) is 5.77. The summed E-state index contributed by atoms with van der Waals surface area (Å²) in [6.45, 7) is 3.26. The maximum atomic E-state index is 5.75. The highest BCUT2D eigenvalue weighted by Gasteiger charge is 2.55. The SMILES string of the molecule is CC=C1CN2[C@H]3C[C@@H]1[C@H](C(OC)OC)[C@@H]2Cc1c3[nH]c2ccccc12. The van der Waals surface area contributed by atoms with E-state index in [-0.39, 0.29) is 6.29 Å². The number of ether oxygens (including phenoxy) is 2. The smallest absolute Gasteiger partial charge is 0.161 e. The lowest BCUT2D eigenvalue weighted by molar-refractivity contribution is -0.191. The van der Waals surface area contributed by atoms with E-state index in [9.17, 15) is 0 Å². The molecule has 4 aliphatic rings. The number of para-hydroxylation sites is 1. The second-order valence-corrected chi connectivity index (χ2v) is 7.65. The van der Waals surface area contributed by atoms with Gasteiger partial charge in [0, 0.05) is 49.3 Å². The predicted octanol–water partition coefficient (Wildman–Crippen LogP) is 3.65. The zero-order valence-corrected chi connectivity index (χ0v) is 15.2. The highest BCUT2D eigenvalue weighted by molar-refractivity contribution is 5.85. The Balaban J connectivity index is 1.65. The lowest BCUT2D eigenvalue weighted by Crippen LogP contribution is -2.63. The summed E-state index contributed by atoms with van der Waals surface area (Å²) in [5.41, 5.74) is 5.79. The van der Waals surface area contributed by atoms with E-state index >= 15 is 0 Å². The van der Waals surface area contributed by atoms with Crippen LogP contribution in [0.5, 0.6) is 0 Å². The molecule has 3 fully saturated rings. The third-order valence-corrected chi connectivity index (χ3v) is 6.80. The first kappa shape index (κ1) is 15.6. The molecule has 5 atom stereocenters. The van der Waals surface area contributed by atoms with Crippen molar-refractivity contribution in [1.29, 1.82) is 0 Å². The summed E-state index contributed by atoms with van der Waals surface area (Å²) in [4.78, 5) is 6.43. The number of allylic oxidation sites excluding steroid dienone is 1. The van der Waals surface area contributed by atoms with E-state index in [1.54, 1.807) is 19.8 Å². The van der Waals surface area contributed by atoms with Gasteiger partial charge in [-0.05, 0) is 37.3 Å². The molecule has 4 nitrogen and oxygen atoms in total. The molecule has 4 bridgehead atoms. The van der Waals surface area contributed by atoms with Crippen molar-refractivity contribution in [3.8, 4) is 0 Å². The van der Waals surface area contributed by atoms with Crippen molar-refractivity contribution in [1.82, 2.24) is 9.88 Å². The van der Waals surface area contributed by atoms with E-state index in [0.29, 0.717) is 23.9 Å². The minimum absolute atomic E-state index is 0.138. The molecule has 1 aromatic heterocycles. The molecule has 132 valence electrons. The molecule has 0 spiro atoms. The number of nitrogens with one attached hydrogen (secondary N) is 1. The van der Waals surface area contributed by atoms with Crippen LogP contribution in [0.15, 0.2) is 35.9 Å². The number of hydrogen-bond donors (Lipinski definition) is 1. The third kappa shape index (κ3) is 2.05. The first-order valence-electron chi connectivity index (χ1n) is 9.32. The highest BCUT2D eigenvalue weighted by atomic mass is 16.7. The summed E-state index contributed by atoms with van der Waals surface area (Å²) in [7, 11) is 3.55. The summed E-state index contributed by atoms with van der Waals surface area (Å²) < 4.78 is 11.5. The third-order valence-electron chi connectivity index (χ3n) is 6.80. The molecule has 1 aromatic carbocycles. The van der Waals surface area contributed by atoms with E-state index < -0.39 is 0 Å². The number of rotatable bonds is 3. The number of aromatic amines is 1. The first-order chi connectivity index (χ1) is 12.3. The van der Waals surface area contributed by atoms with Crippen molar-refractivity contribution in [3.63, 3.8) is 0 Å². The normalized spacial score (nSPS) is 34.9. The first-order valence-corrected chi connectivity index (χ1v) is 9.32. The van der Waals surface area contributed by atoms with E-state index in [0.717, 1.165) is 19.4 Å². The van der Waals surface area contributed by atoms with Gasteiger partial charge in [0.2, 0.25) is 0 Å². The molecule has 5 heterocycles. The number of piperidine rings is 3. The molecular formula is C21H26N2O2. The minimum atomic E-state index is -0.138. The predicted molar refractivity (Wildman–Crippen MR) is 98.4 cm³/mol. The summed E-state index contributed by atoms with van der Waals surface area (Å²) in [5, 5.41) is 1.39. The zero-order valence-electron chi connectivity index (χ0n) is 15.2.